The van der Waals surface area contributed by atoms with Crippen LogP contribution in [0, 0.1) is 5.92 Å². The monoisotopic (exact) mass is 459 g/mol. The maximum absolute atomic E-state index is 12.8. The van der Waals surface area contributed by atoms with Gasteiger partial charge in [0, 0.05) is 19.2 Å². The normalized spacial score (nSPS) is 15.0. The van der Waals surface area contributed by atoms with Crippen LogP contribution in [-0.2, 0) is 14.3 Å². The Morgan fingerprint density at radius 2 is 1.91 bits per heavy atom. The number of methoxy groups -OCH3 is 2. The van der Waals surface area contributed by atoms with Crippen LogP contribution in [0.1, 0.15) is 37.2 Å². The molecule has 0 radical (unpaired) electrons. The van der Waals surface area contributed by atoms with Gasteiger partial charge in [0.2, 0.25) is 5.91 Å². The Hall–Kier alpha value is -3.56. The third-order valence-corrected chi connectivity index (χ3v) is 5.56. The third kappa shape index (κ3) is 5.63. The van der Waals surface area contributed by atoms with Crippen LogP contribution in [-0.4, -0.2) is 67.8 Å². The summed E-state index contributed by atoms with van der Waals surface area (Å²) in [7, 11) is 3.07. The number of rotatable bonds is 8. The molecular weight excluding hydrogens is 430 g/mol. The van der Waals surface area contributed by atoms with Gasteiger partial charge in [0.25, 0.3) is 5.91 Å². The molecule has 0 bridgehead atoms. The second-order valence-corrected chi connectivity index (χ2v) is 7.69. The highest BCUT2D eigenvalue weighted by molar-refractivity contribution is 5.96. The van der Waals surface area contributed by atoms with Crippen molar-refractivity contribution in [1.29, 1.82) is 0 Å². The van der Waals surface area contributed by atoms with Crippen LogP contribution in [0.2, 0.25) is 0 Å². The number of likely N-dealkylation sites (tertiary alicyclic amines) is 1. The Bertz CT molecular complexity index is 996. The first-order valence-corrected chi connectivity index (χ1v) is 10.8. The summed E-state index contributed by atoms with van der Waals surface area (Å²) in [6.07, 6.45) is 1.08. The summed E-state index contributed by atoms with van der Waals surface area (Å²) in [6.45, 7) is 4.60. The van der Waals surface area contributed by atoms with Crippen LogP contribution in [0.25, 0.3) is 11.3 Å². The lowest BCUT2D eigenvalue weighted by molar-refractivity contribution is -0.151. The fraction of sp³-hybridized carbons (Fsp3) is 0.478. The number of esters is 1. The Labute approximate surface area is 192 Å². The first-order chi connectivity index (χ1) is 15.9. The molecule has 0 unspecified atom stereocenters. The molecule has 178 valence electrons. The van der Waals surface area contributed by atoms with Crippen LogP contribution in [0.15, 0.2) is 28.8 Å². The van der Waals surface area contributed by atoms with E-state index in [1.54, 1.807) is 44.1 Å². The maximum Gasteiger partial charge on any atom is 0.309 e. The van der Waals surface area contributed by atoms with Crippen molar-refractivity contribution in [2.75, 3.05) is 33.9 Å². The SMILES string of the molecule is CCOC(=O)C1CCN(C(=O)[C@H](C)NC(=O)c2cc(-c3cc(OC)ccc3OC)on2)CC1. The average molecular weight is 459 g/mol. The van der Waals surface area contributed by atoms with Gasteiger partial charge in [0.05, 0.1) is 32.3 Å². The fourth-order valence-electron chi connectivity index (χ4n) is 3.72. The standard InChI is InChI=1S/C23H29N3O7/c1-5-32-23(29)15-8-10-26(11-9-15)22(28)14(2)24-21(27)18-13-20(33-25-18)17-12-16(30-3)6-7-19(17)31-4/h6-7,12-15H,5,8-11H2,1-4H3,(H,24,27)/t14-/m0/s1. The summed E-state index contributed by atoms with van der Waals surface area (Å²) in [5, 5.41) is 6.50. The van der Waals surface area contributed by atoms with E-state index in [2.05, 4.69) is 10.5 Å². The number of ether oxygens (including phenoxy) is 3. The third-order valence-electron chi connectivity index (χ3n) is 5.56. The summed E-state index contributed by atoms with van der Waals surface area (Å²) in [5.41, 5.74) is 0.618. The molecule has 2 aromatic rings. The van der Waals surface area contributed by atoms with E-state index in [-0.39, 0.29) is 23.5 Å². The van der Waals surface area contributed by atoms with E-state index in [0.717, 1.165) is 0 Å². The smallest absolute Gasteiger partial charge is 0.309 e. The molecule has 1 aliphatic rings. The number of piperidine rings is 1. The number of aromatic nitrogens is 1. The fourth-order valence-corrected chi connectivity index (χ4v) is 3.72. The maximum atomic E-state index is 12.8. The Kier molecular flexibility index (Phi) is 7.92. The van der Waals surface area contributed by atoms with Gasteiger partial charge in [-0.25, -0.2) is 0 Å². The van der Waals surface area contributed by atoms with Crippen LogP contribution in [0.4, 0.5) is 0 Å². The first kappa shape index (κ1) is 24.1. The second kappa shape index (κ2) is 10.8. The van der Waals surface area contributed by atoms with E-state index in [1.165, 1.54) is 13.2 Å². The number of hydrogen-bond donors (Lipinski definition) is 1. The Balaban J connectivity index is 1.60. The number of amides is 2. The molecule has 0 spiro atoms. The molecule has 2 heterocycles. The molecule has 10 heteroatoms. The summed E-state index contributed by atoms with van der Waals surface area (Å²) in [6, 6.07) is 5.90. The van der Waals surface area contributed by atoms with Gasteiger partial charge < -0.3 is 29.0 Å². The molecule has 1 N–H and O–H groups in total. The van der Waals surface area contributed by atoms with E-state index >= 15 is 0 Å². The zero-order chi connectivity index (χ0) is 24.0. The molecular formula is C23H29N3O7. The van der Waals surface area contributed by atoms with Crippen molar-refractivity contribution in [2.24, 2.45) is 5.92 Å². The topological polar surface area (TPSA) is 120 Å². The minimum Gasteiger partial charge on any atom is -0.497 e. The molecule has 1 saturated heterocycles. The van der Waals surface area contributed by atoms with Crippen molar-refractivity contribution in [3.8, 4) is 22.8 Å². The average Bonchev–Trinajstić information content (AvgIpc) is 3.33. The van der Waals surface area contributed by atoms with Crippen molar-refractivity contribution in [2.45, 2.75) is 32.7 Å². The second-order valence-electron chi connectivity index (χ2n) is 7.69. The molecule has 33 heavy (non-hydrogen) atoms. The number of benzene rings is 1. The molecule has 1 aliphatic heterocycles. The van der Waals surface area contributed by atoms with E-state index < -0.39 is 11.9 Å². The van der Waals surface area contributed by atoms with E-state index in [9.17, 15) is 14.4 Å². The first-order valence-electron chi connectivity index (χ1n) is 10.8. The van der Waals surface area contributed by atoms with Crippen molar-refractivity contribution in [3.63, 3.8) is 0 Å². The Morgan fingerprint density at radius 3 is 2.55 bits per heavy atom. The quantitative estimate of drug-likeness (QED) is 0.597. The van der Waals surface area contributed by atoms with Gasteiger partial charge in [-0.15, -0.1) is 0 Å². The van der Waals surface area contributed by atoms with Gasteiger partial charge in [-0.2, -0.15) is 0 Å². The van der Waals surface area contributed by atoms with Crippen molar-refractivity contribution >= 4 is 17.8 Å². The van der Waals surface area contributed by atoms with E-state index in [0.29, 0.717) is 55.4 Å². The van der Waals surface area contributed by atoms with Gasteiger partial charge in [-0.3, -0.25) is 14.4 Å². The van der Waals surface area contributed by atoms with Crippen LogP contribution in [0.5, 0.6) is 11.5 Å². The van der Waals surface area contributed by atoms with E-state index in [1.807, 2.05) is 0 Å². The van der Waals surface area contributed by atoms with Crippen molar-refractivity contribution < 1.29 is 33.1 Å². The summed E-state index contributed by atoms with van der Waals surface area (Å²) in [4.78, 5) is 39.0. The summed E-state index contributed by atoms with van der Waals surface area (Å²) >= 11 is 0. The predicted octanol–water partition coefficient (Wildman–Crippen LogP) is 2.28. The largest absolute Gasteiger partial charge is 0.497 e. The minimum absolute atomic E-state index is 0.0375. The van der Waals surface area contributed by atoms with E-state index in [4.69, 9.17) is 18.7 Å². The zero-order valence-electron chi connectivity index (χ0n) is 19.3. The number of carbonyl (C=O) groups excluding carboxylic acids is 3. The number of nitrogens with one attached hydrogen (secondary N) is 1. The molecule has 10 nitrogen and oxygen atoms in total. The molecule has 2 amide bonds. The summed E-state index contributed by atoms with van der Waals surface area (Å²) < 4.78 is 21.0. The molecule has 0 aliphatic carbocycles. The van der Waals surface area contributed by atoms with Crippen molar-refractivity contribution in [3.05, 3.63) is 30.0 Å². The highest BCUT2D eigenvalue weighted by atomic mass is 16.5. The minimum atomic E-state index is -0.761. The molecule has 0 saturated carbocycles. The molecule has 1 fully saturated rings. The lowest BCUT2D eigenvalue weighted by Crippen LogP contribution is -2.50. The molecule has 1 aromatic carbocycles. The van der Waals surface area contributed by atoms with Crippen molar-refractivity contribution in [1.82, 2.24) is 15.4 Å². The van der Waals surface area contributed by atoms with Gasteiger partial charge in [0.15, 0.2) is 11.5 Å². The number of nitrogens with zero attached hydrogens (tertiary/aromatic N) is 2. The van der Waals surface area contributed by atoms with Gasteiger partial charge in [-0.05, 0) is 44.9 Å². The number of hydrogen-bond acceptors (Lipinski definition) is 8. The molecule has 3 rings (SSSR count). The molecule has 1 aromatic heterocycles. The van der Waals surface area contributed by atoms with Crippen LogP contribution in [0.3, 0.4) is 0 Å². The zero-order valence-corrected chi connectivity index (χ0v) is 19.3. The van der Waals surface area contributed by atoms with Gasteiger partial charge >= 0.3 is 5.97 Å². The predicted molar refractivity (Wildman–Crippen MR) is 118 cm³/mol. The summed E-state index contributed by atoms with van der Waals surface area (Å²) in [5.74, 6) is 0.295. The highest BCUT2D eigenvalue weighted by Gasteiger charge is 2.31. The Morgan fingerprint density at radius 1 is 1.18 bits per heavy atom. The molecule has 1 atom stereocenters. The van der Waals surface area contributed by atoms with Crippen LogP contribution < -0.4 is 14.8 Å². The van der Waals surface area contributed by atoms with Gasteiger partial charge in [-0.1, -0.05) is 5.16 Å². The number of carbonyl (C=O) groups is 3. The van der Waals surface area contributed by atoms with Gasteiger partial charge in [0.1, 0.15) is 17.5 Å². The lowest BCUT2D eigenvalue weighted by Gasteiger charge is -2.32. The highest BCUT2D eigenvalue weighted by Crippen LogP contribution is 2.33. The lowest BCUT2D eigenvalue weighted by atomic mass is 9.96. The van der Waals surface area contributed by atoms with Crippen LogP contribution >= 0.6 is 0 Å².